The van der Waals surface area contributed by atoms with E-state index in [9.17, 15) is 9.90 Å². The minimum absolute atomic E-state index is 0.141. The molecule has 0 aromatic heterocycles. The Bertz CT molecular complexity index is 992. The van der Waals surface area contributed by atoms with Crippen molar-refractivity contribution in [3.05, 3.63) is 82.9 Å². The Morgan fingerprint density at radius 1 is 1.11 bits per heavy atom. The first-order valence-electron chi connectivity index (χ1n) is 8.57. The van der Waals surface area contributed by atoms with Crippen molar-refractivity contribution in [2.24, 2.45) is 0 Å². The molecule has 27 heavy (non-hydrogen) atoms. The molecule has 4 rings (SSSR count). The van der Waals surface area contributed by atoms with Crippen molar-refractivity contribution in [2.75, 3.05) is 22.2 Å². The van der Waals surface area contributed by atoms with Crippen LogP contribution in [0.3, 0.4) is 0 Å². The maximum Gasteiger partial charge on any atom is 0.337 e. The lowest BCUT2D eigenvalue weighted by molar-refractivity contribution is 0.0698. The van der Waals surface area contributed by atoms with Crippen molar-refractivity contribution in [2.45, 2.75) is 6.54 Å². The monoisotopic (exact) mass is 379 g/mol. The molecule has 3 N–H and O–H groups in total. The normalized spacial score (nSPS) is 12.4. The molecule has 0 aliphatic carbocycles. The number of aromatic carboxylic acids is 1. The van der Waals surface area contributed by atoms with Crippen molar-refractivity contribution in [3.63, 3.8) is 0 Å². The molecule has 3 aromatic carbocycles. The molecular weight excluding hydrogens is 362 g/mol. The summed E-state index contributed by atoms with van der Waals surface area (Å²) in [5.74, 6) is -1.02. The van der Waals surface area contributed by atoms with E-state index in [2.05, 4.69) is 27.7 Å². The molecule has 6 heteroatoms. The van der Waals surface area contributed by atoms with Gasteiger partial charge in [0.15, 0.2) is 0 Å². The van der Waals surface area contributed by atoms with Crippen molar-refractivity contribution in [1.29, 1.82) is 0 Å². The highest BCUT2D eigenvalue weighted by molar-refractivity contribution is 6.31. The van der Waals surface area contributed by atoms with E-state index in [4.69, 9.17) is 11.6 Å². The Morgan fingerprint density at radius 3 is 2.70 bits per heavy atom. The highest BCUT2D eigenvalue weighted by Gasteiger charge is 2.19. The largest absolute Gasteiger partial charge is 0.478 e. The molecule has 0 fully saturated rings. The van der Waals surface area contributed by atoms with Gasteiger partial charge in [0.2, 0.25) is 0 Å². The summed E-state index contributed by atoms with van der Waals surface area (Å²) >= 11 is 5.93. The Balaban J connectivity index is 1.60. The Hall–Kier alpha value is -3.18. The predicted octanol–water partition coefficient (Wildman–Crippen LogP) is 5.17. The van der Waals surface area contributed by atoms with E-state index in [-0.39, 0.29) is 5.56 Å². The van der Waals surface area contributed by atoms with Gasteiger partial charge in [-0.3, -0.25) is 0 Å². The number of carbonyl (C=O) groups is 1. The van der Waals surface area contributed by atoms with Gasteiger partial charge in [-0.05, 0) is 42.0 Å². The molecule has 5 nitrogen and oxygen atoms in total. The standard InChI is InChI=1S/C21H18ClN3O2/c22-15-6-8-18(17(10-15)21(26)27)24-16-7-9-19-20(11-16)25(13-23-19)12-14-4-2-1-3-5-14/h1-11,23-24H,12-13H2,(H,26,27). The lowest BCUT2D eigenvalue weighted by Gasteiger charge is -2.19. The van der Waals surface area contributed by atoms with Crippen molar-refractivity contribution in [3.8, 4) is 0 Å². The molecule has 0 spiro atoms. The van der Waals surface area contributed by atoms with Crippen molar-refractivity contribution in [1.82, 2.24) is 0 Å². The van der Waals surface area contributed by atoms with E-state index in [1.807, 2.05) is 36.4 Å². The van der Waals surface area contributed by atoms with Crippen molar-refractivity contribution >= 4 is 40.3 Å². The van der Waals surface area contributed by atoms with Crippen LogP contribution < -0.4 is 15.5 Å². The fourth-order valence-electron chi connectivity index (χ4n) is 3.19. The van der Waals surface area contributed by atoms with Crippen LogP contribution in [-0.4, -0.2) is 17.7 Å². The fourth-order valence-corrected chi connectivity index (χ4v) is 3.36. The second-order valence-corrected chi connectivity index (χ2v) is 6.81. The van der Waals surface area contributed by atoms with Gasteiger partial charge in [-0.25, -0.2) is 4.79 Å². The van der Waals surface area contributed by atoms with E-state index in [1.165, 1.54) is 11.6 Å². The Morgan fingerprint density at radius 2 is 1.93 bits per heavy atom. The maximum absolute atomic E-state index is 11.5. The number of nitrogens with zero attached hydrogens (tertiary/aromatic N) is 1. The number of halogens is 1. The molecule has 1 heterocycles. The predicted molar refractivity (Wildman–Crippen MR) is 109 cm³/mol. The number of rotatable bonds is 5. The van der Waals surface area contributed by atoms with Gasteiger partial charge in [0.05, 0.1) is 29.3 Å². The average Bonchev–Trinajstić information content (AvgIpc) is 3.06. The number of hydrogen-bond acceptors (Lipinski definition) is 4. The first kappa shape index (κ1) is 17.2. The topological polar surface area (TPSA) is 64.6 Å². The zero-order chi connectivity index (χ0) is 18.8. The van der Waals surface area contributed by atoms with Gasteiger partial charge >= 0.3 is 5.97 Å². The third-order valence-corrected chi connectivity index (χ3v) is 4.74. The minimum atomic E-state index is -1.02. The Kier molecular flexibility index (Phi) is 4.60. The molecule has 0 saturated heterocycles. The summed E-state index contributed by atoms with van der Waals surface area (Å²) in [6, 6.07) is 21.0. The van der Waals surface area contributed by atoms with Crippen LogP contribution in [0.25, 0.3) is 0 Å². The zero-order valence-electron chi connectivity index (χ0n) is 14.4. The van der Waals surface area contributed by atoms with Crippen LogP contribution in [0.2, 0.25) is 5.02 Å². The molecule has 0 amide bonds. The molecule has 0 unspecified atom stereocenters. The second-order valence-electron chi connectivity index (χ2n) is 6.37. The van der Waals surface area contributed by atoms with E-state index < -0.39 is 5.97 Å². The lowest BCUT2D eigenvalue weighted by atomic mass is 10.1. The van der Waals surface area contributed by atoms with E-state index in [0.29, 0.717) is 10.7 Å². The van der Waals surface area contributed by atoms with Crippen molar-refractivity contribution < 1.29 is 9.90 Å². The fraction of sp³-hybridized carbons (Fsp3) is 0.0952. The summed E-state index contributed by atoms with van der Waals surface area (Å²) in [5, 5.41) is 16.4. The molecule has 136 valence electrons. The van der Waals surface area contributed by atoms with Gasteiger partial charge < -0.3 is 20.6 Å². The van der Waals surface area contributed by atoms with Gasteiger partial charge in [0, 0.05) is 17.3 Å². The van der Waals surface area contributed by atoms with Gasteiger partial charge in [-0.15, -0.1) is 0 Å². The summed E-state index contributed by atoms with van der Waals surface area (Å²) in [5.41, 5.74) is 4.84. The zero-order valence-corrected chi connectivity index (χ0v) is 15.2. The van der Waals surface area contributed by atoms with E-state index >= 15 is 0 Å². The number of fused-ring (bicyclic) bond motifs is 1. The molecule has 0 radical (unpaired) electrons. The minimum Gasteiger partial charge on any atom is -0.478 e. The second kappa shape index (κ2) is 7.21. The molecule has 0 atom stereocenters. The van der Waals surface area contributed by atoms with E-state index in [1.54, 1.807) is 12.1 Å². The van der Waals surface area contributed by atoms with Gasteiger partial charge in [0.25, 0.3) is 0 Å². The molecule has 1 aliphatic rings. The third-order valence-electron chi connectivity index (χ3n) is 4.51. The van der Waals surface area contributed by atoms with Crippen LogP contribution in [0.5, 0.6) is 0 Å². The van der Waals surface area contributed by atoms with Crippen LogP contribution in [0.15, 0.2) is 66.7 Å². The highest BCUT2D eigenvalue weighted by Crippen LogP contribution is 2.36. The number of nitrogens with one attached hydrogen (secondary N) is 2. The summed E-state index contributed by atoms with van der Waals surface area (Å²) in [6.45, 7) is 1.53. The number of carboxylic acid groups (broad SMARTS) is 1. The van der Waals surface area contributed by atoms with Crippen LogP contribution in [0.4, 0.5) is 22.7 Å². The molecule has 3 aromatic rings. The summed E-state index contributed by atoms with van der Waals surface area (Å²) < 4.78 is 0. The average molecular weight is 380 g/mol. The first-order chi connectivity index (χ1) is 13.1. The number of benzene rings is 3. The van der Waals surface area contributed by atoms with Gasteiger partial charge in [-0.2, -0.15) is 0 Å². The lowest BCUT2D eigenvalue weighted by Crippen LogP contribution is -2.21. The van der Waals surface area contributed by atoms with E-state index in [0.717, 1.165) is 30.3 Å². The number of hydrogen-bond donors (Lipinski definition) is 3. The SMILES string of the molecule is O=C(O)c1cc(Cl)ccc1Nc1ccc2c(c1)N(Cc1ccccc1)CN2. The molecule has 0 bridgehead atoms. The van der Waals surface area contributed by atoms with Gasteiger partial charge in [0.1, 0.15) is 0 Å². The van der Waals surface area contributed by atoms with Crippen LogP contribution in [0.1, 0.15) is 15.9 Å². The summed E-state index contributed by atoms with van der Waals surface area (Å²) in [6.07, 6.45) is 0. The molecule has 1 aliphatic heterocycles. The van der Waals surface area contributed by atoms with Crippen LogP contribution >= 0.6 is 11.6 Å². The Labute approximate surface area is 162 Å². The molecule has 0 saturated carbocycles. The highest BCUT2D eigenvalue weighted by atomic mass is 35.5. The molecular formula is C21H18ClN3O2. The van der Waals surface area contributed by atoms with Gasteiger partial charge in [-0.1, -0.05) is 41.9 Å². The maximum atomic E-state index is 11.5. The quantitative estimate of drug-likeness (QED) is 0.570. The number of carboxylic acids is 1. The van der Waals surface area contributed by atoms with Crippen LogP contribution in [0, 0.1) is 0 Å². The third kappa shape index (κ3) is 3.68. The summed E-state index contributed by atoms with van der Waals surface area (Å²) in [4.78, 5) is 13.7. The first-order valence-corrected chi connectivity index (χ1v) is 8.94. The smallest absolute Gasteiger partial charge is 0.337 e. The van der Waals surface area contributed by atoms with Crippen LogP contribution in [-0.2, 0) is 6.54 Å². The summed E-state index contributed by atoms with van der Waals surface area (Å²) in [7, 11) is 0. The number of anilines is 4.